The molecule has 4 aromatic rings. The number of benzene rings is 2. The van der Waals surface area contributed by atoms with Gasteiger partial charge >= 0.3 is 0 Å². The summed E-state index contributed by atoms with van der Waals surface area (Å²) < 4.78 is 1.64. The predicted octanol–water partition coefficient (Wildman–Crippen LogP) is 4.08. The minimum absolute atomic E-state index is 0.0636. The molecule has 0 fully saturated rings. The molecule has 5 rings (SSSR count). The molecule has 1 amide bonds. The molecule has 1 aliphatic rings. The Kier molecular flexibility index (Phi) is 5.22. The SMILES string of the molecule is O=C(Cn1nnc2c1-c1ncccc1CCc1cc(Cl)ccc1-2)NCc1ccccc1. The molecule has 0 radical (unpaired) electrons. The van der Waals surface area contributed by atoms with Crippen molar-refractivity contribution in [2.45, 2.75) is 25.9 Å². The van der Waals surface area contributed by atoms with Gasteiger partial charge in [-0.15, -0.1) is 5.10 Å². The number of fused-ring (bicyclic) bond motifs is 5. The molecule has 2 aromatic carbocycles. The summed E-state index contributed by atoms with van der Waals surface area (Å²) in [4.78, 5) is 17.3. The van der Waals surface area contributed by atoms with Gasteiger partial charge in [0.15, 0.2) is 0 Å². The molecule has 0 saturated heterocycles. The Hall–Kier alpha value is -3.51. The molecule has 6 nitrogen and oxygen atoms in total. The van der Waals surface area contributed by atoms with Crippen LogP contribution in [0.15, 0.2) is 66.9 Å². The van der Waals surface area contributed by atoms with Crippen LogP contribution in [0.5, 0.6) is 0 Å². The average Bonchev–Trinajstić information content (AvgIpc) is 3.18. The van der Waals surface area contributed by atoms with Gasteiger partial charge in [-0.3, -0.25) is 9.78 Å². The lowest BCUT2D eigenvalue weighted by Gasteiger charge is -2.17. The van der Waals surface area contributed by atoms with Gasteiger partial charge in [0.2, 0.25) is 5.91 Å². The number of aromatic nitrogens is 4. The monoisotopic (exact) mass is 429 g/mol. The summed E-state index contributed by atoms with van der Waals surface area (Å²) in [5, 5.41) is 12.4. The molecular formula is C24H20ClN5O. The van der Waals surface area contributed by atoms with E-state index < -0.39 is 0 Å². The molecule has 2 aromatic heterocycles. The molecule has 1 N–H and O–H groups in total. The molecule has 154 valence electrons. The minimum Gasteiger partial charge on any atom is -0.350 e. The Labute approximate surface area is 184 Å². The number of aryl methyl sites for hydroxylation is 2. The summed E-state index contributed by atoms with van der Waals surface area (Å²) in [5.41, 5.74) is 6.54. The lowest BCUT2D eigenvalue weighted by molar-refractivity contribution is -0.122. The normalized spacial score (nSPS) is 12.2. The second kappa shape index (κ2) is 8.32. The Bertz CT molecular complexity index is 1250. The van der Waals surface area contributed by atoms with E-state index in [0.717, 1.165) is 52.2 Å². The van der Waals surface area contributed by atoms with Crippen molar-refractivity contribution in [3.63, 3.8) is 0 Å². The Morgan fingerprint density at radius 1 is 1.00 bits per heavy atom. The van der Waals surface area contributed by atoms with Crippen LogP contribution < -0.4 is 5.32 Å². The van der Waals surface area contributed by atoms with E-state index in [4.69, 9.17) is 11.6 Å². The number of pyridine rings is 1. The van der Waals surface area contributed by atoms with E-state index in [1.165, 1.54) is 0 Å². The second-order valence-electron chi connectivity index (χ2n) is 7.52. The number of nitrogens with zero attached hydrogens (tertiary/aromatic N) is 4. The Balaban J connectivity index is 1.51. The average molecular weight is 430 g/mol. The topological polar surface area (TPSA) is 72.7 Å². The van der Waals surface area contributed by atoms with Crippen LogP contribution in [0.1, 0.15) is 16.7 Å². The summed E-state index contributed by atoms with van der Waals surface area (Å²) in [7, 11) is 0. The zero-order valence-corrected chi connectivity index (χ0v) is 17.5. The van der Waals surface area contributed by atoms with Crippen LogP contribution in [0, 0.1) is 0 Å². The second-order valence-corrected chi connectivity index (χ2v) is 7.96. The van der Waals surface area contributed by atoms with Crippen molar-refractivity contribution in [2.24, 2.45) is 0 Å². The summed E-state index contributed by atoms with van der Waals surface area (Å²) in [6, 6.07) is 19.6. The standard InChI is InChI=1S/C24H20ClN5O/c25-19-10-11-20-18(13-19)9-8-17-7-4-12-26-22(17)24-23(20)28-29-30(24)15-21(31)27-14-16-5-2-1-3-6-16/h1-7,10-13H,8-9,14-15H2,(H,27,31). The maximum atomic E-state index is 12.7. The number of hydrogen-bond donors (Lipinski definition) is 1. The van der Waals surface area contributed by atoms with E-state index in [9.17, 15) is 4.79 Å². The van der Waals surface area contributed by atoms with Crippen molar-refractivity contribution >= 4 is 17.5 Å². The van der Waals surface area contributed by atoms with E-state index in [1.54, 1.807) is 10.9 Å². The van der Waals surface area contributed by atoms with Crippen molar-refractivity contribution in [1.82, 2.24) is 25.3 Å². The third-order valence-electron chi connectivity index (χ3n) is 5.46. The first kappa shape index (κ1) is 19.5. The highest BCUT2D eigenvalue weighted by atomic mass is 35.5. The van der Waals surface area contributed by atoms with Crippen LogP contribution in [0.2, 0.25) is 5.02 Å². The predicted molar refractivity (Wildman–Crippen MR) is 119 cm³/mol. The van der Waals surface area contributed by atoms with Crippen LogP contribution in [0.25, 0.3) is 22.6 Å². The first-order chi connectivity index (χ1) is 15.2. The molecule has 0 atom stereocenters. The van der Waals surface area contributed by atoms with E-state index in [2.05, 4.69) is 26.7 Å². The zero-order valence-electron chi connectivity index (χ0n) is 16.8. The molecule has 0 unspecified atom stereocenters. The Morgan fingerprint density at radius 2 is 1.84 bits per heavy atom. The summed E-state index contributed by atoms with van der Waals surface area (Å²) in [6.45, 7) is 0.529. The van der Waals surface area contributed by atoms with Gasteiger partial charge in [0, 0.05) is 23.3 Å². The van der Waals surface area contributed by atoms with Gasteiger partial charge in [0.25, 0.3) is 0 Å². The molecule has 1 aliphatic carbocycles. The van der Waals surface area contributed by atoms with Gasteiger partial charge in [-0.05, 0) is 47.7 Å². The highest BCUT2D eigenvalue weighted by Gasteiger charge is 2.25. The van der Waals surface area contributed by atoms with Gasteiger partial charge in [-0.1, -0.05) is 59.3 Å². The number of amides is 1. The van der Waals surface area contributed by atoms with Crippen LogP contribution >= 0.6 is 11.6 Å². The summed E-state index contributed by atoms with van der Waals surface area (Å²) in [6.07, 6.45) is 3.42. The molecule has 31 heavy (non-hydrogen) atoms. The molecule has 0 spiro atoms. The van der Waals surface area contributed by atoms with Crippen molar-refractivity contribution in [3.05, 3.63) is 88.6 Å². The maximum Gasteiger partial charge on any atom is 0.242 e. The minimum atomic E-state index is -0.132. The third kappa shape index (κ3) is 3.94. The van der Waals surface area contributed by atoms with Gasteiger partial charge in [0.1, 0.15) is 17.9 Å². The van der Waals surface area contributed by atoms with Crippen molar-refractivity contribution in [1.29, 1.82) is 0 Å². The first-order valence-corrected chi connectivity index (χ1v) is 10.5. The van der Waals surface area contributed by atoms with E-state index in [1.807, 2.05) is 54.6 Å². The van der Waals surface area contributed by atoms with E-state index in [-0.39, 0.29) is 12.5 Å². The number of hydrogen-bond acceptors (Lipinski definition) is 4. The van der Waals surface area contributed by atoms with Crippen LogP contribution in [-0.4, -0.2) is 25.9 Å². The van der Waals surface area contributed by atoms with Gasteiger partial charge in [-0.25, -0.2) is 4.68 Å². The van der Waals surface area contributed by atoms with Gasteiger partial charge in [0.05, 0.1) is 5.69 Å². The van der Waals surface area contributed by atoms with Crippen LogP contribution in [0.3, 0.4) is 0 Å². The van der Waals surface area contributed by atoms with E-state index in [0.29, 0.717) is 11.6 Å². The molecule has 7 heteroatoms. The highest BCUT2D eigenvalue weighted by Crippen LogP contribution is 2.37. The number of halogens is 1. The maximum absolute atomic E-state index is 12.7. The number of nitrogens with one attached hydrogen (secondary N) is 1. The summed E-state index contributed by atoms with van der Waals surface area (Å²) >= 11 is 6.25. The van der Waals surface area contributed by atoms with E-state index >= 15 is 0 Å². The first-order valence-electron chi connectivity index (χ1n) is 10.2. The number of carbonyl (C=O) groups is 1. The van der Waals surface area contributed by atoms with Crippen LogP contribution in [0.4, 0.5) is 0 Å². The molecule has 2 heterocycles. The molecular weight excluding hydrogens is 410 g/mol. The molecule has 0 aliphatic heterocycles. The van der Waals surface area contributed by atoms with Crippen molar-refractivity contribution in [3.8, 4) is 22.6 Å². The smallest absolute Gasteiger partial charge is 0.242 e. The Morgan fingerprint density at radius 3 is 2.71 bits per heavy atom. The van der Waals surface area contributed by atoms with Gasteiger partial charge in [-0.2, -0.15) is 0 Å². The van der Waals surface area contributed by atoms with Crippen molar-refractivity contribution < 1.29 is 4.79 Å². The number of rotatable bonds is 4. The van der Waals surface area contributed by atoms with Crippen LogP contribution in [-0.2, 0) is 30.7 Å². The largest absolute Gasteiger partial charge is 0.350 e. The molecule has 0 bridgehead atoms. The fourth-order valence-corrected chi connectivity index (χ4v) is 4.15. The quantitative estimate of drug-likeness (QED) is 0.530. The summed E-state index contributed by atoms with van der Waals surface area (Å²) in [5.74, 6) is -0.132. The lowest BCUT2D eigenvalue weighted by Crippen LogP contribution is -2.28. The molecule has 0 saturated carbocycles. The third-order valence-corrected chi connectivity index (χ3v) is 5.70. The zero-order chi connectivity index (χ0) is 21.2. The highest BCUT2D eigenvalue weighted by molar-refractivity contribution is 6.30. The van der Waals surface area contributed by atoms with Gasteiger partial charge < -0.3 is 5.32 Å². The number of carbonyl (C=O) groups excluding carboxylic acids is 1. The fraction of sp³-hybridized carbons (Fsp3) is 0.167. The lowest BCUT2D eigenvalue weighted by atomic mass is 9.92. The fourth-order valence-electron chi connectivity index (χ4n) is 3.95. The van der Waals surface area contributed by atoms with Crippen molar-refractivity contribution in [2.75, 3.05) is 0 Å².